The van der Waals surface area contributed by atoms with E-state index in [1.165, 1.54) is 6.42 Å². The van der Waals surface area contributed by atoms with Crippen molar-refractivity contribution in [1.82, 2.24) is 5.32 Å². The Morgan fingerprint density at radius 1 is 0.944 bits per heavy atom. The molecule has 0 unspecified atom stereocenters. The summed E-state index contributed by atoms with van der Waals surface area (Å²) in [5, 5.41) is 12.6. The molecule has 2 heteroatoms. The molecule has 0 aliphatic rings. The highest BCUT2D eigenvalue weighted by Crippen LogP contribution is 2.27. The van der Waals surface area contributed by atoms with E-state index in [1.54, 1.807) is 0 Å². The molecule has 0 radical (unpaired) electrons. The van der Waals surface area contributed by atoms with E-state index in [0.29, 0.717) is 5.41 Å². The van der Waals surface area contributed by atoms with Crippen LogP contribution in [0.3, 0.4) is 0 Å². The summed E-state index contributed by atoms with van der Waals surface area (Å²) in [6.07, 6.45) is 4.44. The fraction of sp³-hybridized carbons (Fsp3) is 0.938. The predicted octanol–water partition coefficient (Wildman–Crippen LogP) is 4.51. The predicted molar refractivity (Wildman–Crippen MR) is 79.4 cm³/mol. The molecule has 2 nitrogen and oxygen atoms in total. The molecule has 1 N–H and O–H groups in total. The molecule has 0 aromatic carbocycles. The Labute approximate surface area is 114 Å². The molecule has 0 aromatic heterocycles. The number of unbranched alkanes of at least 4 members (excludes halogenated alkanes) is 1. The largest absolute Gasteiger partial charge is 0.312 e. The molecule has 0 saturated heterocycles. The van der Waals surface area contributed by atoms with Gasteiger partial charge in [0.25, 0.3) is 0 Å². The van der Waals surface area contributed by atoms with Crippen molar-refractivity contribution in [2.75, 3.05) is 6.54 Å². The highest BCUT2D eigenvalue weighted by molar-refractivity contribution is 4.91. The van der Waals surface area contributed by atoms with Crippen LogP contribution in [0.2, 0.25) is 0 Å². The summed E-state index contributed by atoms with van der Waals surface area (Å²) in [6, 6.07) is 2.36. The minimum Gasteiger partial charge on any atom is -0.312 e. The SMILES string of the molecule is CC(C)(C)CC(C)(C)NCCCCC(C)(C)C#N. The molecule has 0 fully saturated rings. The Bertz CT molecular complexity index is 276. The fourth-order valence-electron chi connectivity index (χ4n) is 2.56. The van der Waals surface area contributed by atoms with Gasteiger partial charge in [0, 0.05) is 5.54 Å². The average molecular weight is 252 g/mol. The normalized spacial score (nSPS) is 13.4. The molecule has 0 spiro atoms. The monoisotopic (exact) mass is 252 g/mol. The molecule has 0 heterocycles. The lowest BCUT2D eigenvalue weighted by molar-refractivity contribution is 0.240. The Morgan fingerprint density at radius 2 is 1.50 bits per heavy atom. The van der Waals surface area contributed by atoms with Crippen LogP contribution in [0.15, 0.2) is 0 Å². The van der Waals surface area contributed by atoms with Crippen LogP contribution in [-0.4, -0.2) is 12.1 Å². The summed E-state index contributed by atoms with van der Waals surface area (Å²) < 4.78 is 0. The zero-order valence-electron chi connectivity index (χ0n) is 13.5. The first-order chi connectivity index (χ1) is 7.97. The fourth-order valence-corrected chi connectivity index (χ4v) is 2.56. The van der Waals surface area contributed by atoms with Crippen LogP contribution < -0.4 is 5.32 Å². The van der Waals surface area contributed by atoms with Gasteiger partial charge >= 0.3 is 0 Å². The van der Waals surface area contributed by atoms with Gasteiger partial charge in [0.15, 0.2) is 0 Å². The van der Waals surface area contributed by atoms with Gasteiger partial charge in [0.1, 0.15) is 0 Å². The highest BCUT2D eigenvalue weighted by Gasteiger charge is 2.24. The number of nitriles is 1. The van der Waals surface area contributed by atoms with Gasteiger partial charge in [0.05, 0.1) is 11.5 Å². The summed E-state index contributed by atoms with van der Waals surface area (Å²) in [7, 11) is 0. The van der Waals surface area contributed by atoms with E-state index in [9.17, 15) is 0 Å². The maximum atomic E-state index is 8.94. The van der Waals surface area contributed by atoms with Crippen molar-refractivity contribution in [3.63, 3.8) is 0 Å². The van der Waals surface area contributed by atoms with Crippen LogP contribution in [0.5, 0.6) is 0 Å². The number of nitrogens with one attached hydrogen (secondary N) is 1. The lowest BCUT2D eigenvalue weighted by Gasteiger charge is -2.33. The maximum absolute atomic E-state index is 8.94. The van der Waals surface area contributed by atoms with Crippen molar-refractivity contribution in [3.05, 3.63) is 0 Å². The first kappa shape index (κ1) is 17.4. The molecule has 0 aromatic rings. The van der Waals surface area contributed by atoms with E-state index in [4.69, 9.17) is 5.26 Å². The molecule has 0 atom stereocenters. The number of hydrogen-bond acceptors (Lipinski definition) is 2. The maximum Gasteiger partial charge on any atom is 0.0683 e. The van der Waals surface area contributed by atoms with Crippen LogP contribution in [0.1, 0.15) is 74.1 Å². The second-order valence-corrected chi connectivity index (χ2v) is 8.00. The van der Waals surface area contributed by atoms with Crippen molar-refractivity contribution in [2.24, 2.45) is 10.8 Å². The first-order valence-corrected chi connectivity index (χ1v) is 7.14. The molecule has 106 valence electrons. The molecule has 0 saturated carbocycles. The van der Waals surface area contributed by atoms with Gasteiger partial charge < -0.3 is 5.32 Å². The molecule has 0 amide bonds. The zero-order valence-corrected chi connectivity index (χ0v) is 13.5. The summed E-state index contributed by atoms with van der Waals surface area (Å²) in [4.78, 5) is 0. The van der Waals surface area contributed by atoms with Crippen LogP contribution in [0.25, 0.3) is 0 Å². The van der Waals surface area contributed by atoms with Crippen molar-refractivity contribution < 1.29 is 0 Å². The van der Waals surface area contributed by atoms with Crippen molar-refractivity contribution in [1.29, 1.82) is 5.26 Å². The van der Waals surface area contributed by atoms with Gasteiger partial charge in [-0.25, -0.2) is 0 Å². The standard InChI is InChI=1S/C16H32N2/c1-14(2,3)12-16(6,7)18-11-9-8-10-15(4,5)13-17/h18H,8-12H2,1-7H3. The molecule has 18 heavy (non-hydrogen) atoms. The van der Waals surface area contributed by atoms with Crippen LogP contribution in [0.4, 0.5) is 0 Å². The van der Waals surface area contributed by atoms with E-state index < -0.39 is 0 Å². The summed E-state index contributed by atoms with van der Waals surface area (Å²) in [5.74, 6) is 0. The second-order valence-electron chi connectivity index (χ2n) is 8.00. The van der Waals surface area contributed by atoms with Crippen LogP contribution in [0, 0.1) is 22.2 Å². The molecular weight excluding hydrogens is 220 g/mol. The smallest absolute Gasteiger partial charge is 0.0683 e. The lowest BCUT2D eigenvalue weighted by Crippen LogP contribution is -2.42. The van der Waals surface area contributed by atoms with Gasteiger partial charge in [-0.05, 0) is 58.9 Å². The van der Waals surface area contributed by atoms with Crippen molar-refractivity contribution >= 4 is 0 Å². The summed E-state index contributed by atoms with van der Waals surface area (Å²) in [5.41, 5.74) is 0.392. The quantitative estimate of drug-likeness (QED) is 0.677. The average Bonchev–Trinajstić information content (AvgIpc) is 2.13. The minimum absolute atomic E-state index is 0.166. The molecule has 0 aliphatic carbocycles. The number of rotatable bonds is 7. The van der Waals surface area contributed by atoms with E-state index in [2.05, 4.69) is 46.0 Å². The third kappa shape index (κ3) is 9.48. The van der Waals surface area contributed by atoms with E-state index in [1.807, 2.05) is 13.8 Å². The lowest BCUT2D eigenvalue weighted by atomic mass is 9.81. The molecule has 0 aliphatic heterocycles. The van der Waals surface area contributed by atoms with E-state index in [-0.39, 0.29) is 11.0 Å². The van der Waals surface area contributed by atoms with Gasteiger partial charge in [0.2, 0.25) is 0 Å². The van der Waals surface area contributed by atoms with E-state index >= 15 is 0 Å². The van der Waals surface area contributed by atoms with Gasteiger partial charge in [-0.3, -0.25) is 0 Å². The Balaban J connectivity index is 3.82. The summed E-state index contributed by atoms with van der Waals surface area (Å²) in [6.45, 7) is 16.5. The number of nitrogens with zero attached hydrogens (tertiary/aromatic N) is 1. The van der Waals surface area contributed by atoms with E-state index in [0.717, 1.165) is 25.8 Å². The number of hydrogen-bond donors (Lipinski definition) is 1. The third-order valence-corrected chi connectivity index (χ3v) is 3.11. The Hall–Kier alpha value is -0.550. The third-order valence-electron chi connectivity index (χ3n) is 3.11. The minimum atomic E-state index is -0.166. The van der Waals surface area contributed by atoms with Gasteiger partial charge in [-0.15, -0.1) is 0 Å². The van der Waals surface area contributed by atoms with Crippen molar-refractivity contribution in [3.8, 4) is 6.07 Å². The summed E-state index contributed by atoms with van der Waals surface area (Å²) >= 11 is 0. The van der Waals surface area contributed by atoms with Crippen molar-refractivity contribution in [2.45, 2.75) is 79.7 Å². The molecule has 0 rings (SSSR count). The van der Waals surface area contributed by atoms with Gasteiger partial charge in [-0.2, -0.15) is 5.26 Å². The first-order valence-electron chi connectivity index (χ1n) is 7.14. The van der Waals surface area contributed by atoms with Gasteiger partial charge in [-0.1, -0.05) is 27.2 Å². The van der Waals surface area contributed by atoms with Crippen LogP contribution in [-0.2, 0) is 0 Å². The molecular formula is C16H32N2. The Kier molecular flexibility index (Phi) is 6.37. The second kappa shape index (κ2) is 6.57. The molecule has 0 bridgehead atoms. The zero-order chi connectivity index (χ0) is 14.4. The van der Waals surface area contributed by atoms with Crippen LogP contribution >= 0.6 is 0 Å². The highest BCUT2D eigenvalue weighted by atomic mass is 14.9. The Morgan fingerprint density at radius 3 is 1.94 bits per heavy atom. The topological polar surface area (TPSA) is 35.8 Å².